The number of benzene rings is 2. The van der Waals surface area contributed by atoms with E-state index in [0.29, 0.717) is 61.2 Å². The van der Waals surface area contributed by atoms with Crippen LogP contribution in [0.3, 0.4) is 0 Å². The minimum atomic E-state index is -1.16. The summed E-state index contributed by atoms with van der Waals surface area (Å²) in [6.07, 6.45) is 6.67. The van der Waals surface area contributed by atoms with Crippen molar-refractivity contribution >= 4 is 39.4 Å². The Balaban J connectivity index is 1.25. The van der Waals surface area contributed by atoms with Crippen LogP contribution in [0.25, 0.3) is 32.9 Å². The number of carbonyl (C=O) groups excluding carboxylic acids is 2. The number of nitrogens with one attached hydrogen (secondary N) is 2. The van der Waals surface area contributed by atoms with E-state index in [9.17, 15) is 14.7 Å². The fraction of sp³-hybridized carbons (Fsp3) is 0.472. The Morgan fingerprint density at radius 1 is 1.10 bits per heavy atom. The maximum atomic E-state index is 17.0. The largest absolute Gasteiger partial charge is 0.508 e. The van der Waals surface area contributed by atoms with Gasteiger partial charge in [0.05, 0.1) is 24.1 Å². The SMILES string of the molecule is CCc1c(F)ccc2cc(O)cc(-c3ncc4c(N5CCCC6(C5)NC(=O)NC6=O)nc(OC[C@@]56CCCN5[C@H](COC)CC6)nc4c3F)c12. The summed E-state index contributed by atoms with van der Waals surface area (Å²) in [6, 6.07) is 5.49. The zero-order valence-corrected chi connectivity index (χ0v) is 28.0. The fourth-order valence-electron chi connectivity index (χ4n) is 8.78. The molecule has 1 spiro atoms. The van der Waals surface area contributed by atoms with Crippen molar-refractivity contribution in [3.05, 3.63) is 47.7 Å². The Morgan fingerprint density at radius 2 is 1.94 bits per heavy atom. The predicted octanol–water partition coefficient (Wildman–Crippen LogP) is 4.59. The van der Waals surface area contributed by atoms with Crippen LogP contribution in [0.15, 0.2) is 30.5 Å². The molecule has 4 aliphatic heterocycles. The Labute approximate surface area is 287 Å². The molecule has 3 atom stereocenters. The summed E-state index contributed by atoms with van der Waals surface area (Å²) in [5.41, 5.74) is -0.937. The number of ether oxygens (including phenoxy) is 2. The molecule has 4 saturated heterocycles. The number of pyridine rings is 1. The molecule has 1 unspecified atom stereocenters. The number of piperidine rings is 1. The van der Waals surface area contributed by atoms with E-state index in [-0.39, 0.29) is 52.0 Å². The first-order valence-corrected chi connectivity index (χ1v) is 17.2. The van der Waals surface area contributed by atoms with Crippen LogP contribution in [-0.2, 0) is 16.0 Å². The Kier molecular flexibility index (Phi) is 7.98. The lowest BCUT2D eigenvalue weighted by molar-refractivity contribution is -0.124. The topological polar surface area (TPSA) is 142 Å². The number of aromatic hydroxyl groups is 1. The number of carbonyl (C=O) groups is 2. The summed E-state index contributed by atoms with van der Waals surface area (Å²) in [5, 5.41) is 17.1. The molecule has 50 heavy (non-hydrogen) atoms. The molecule has 0 saturated carbocycles. The molecule has 262 valence electrons. The number of amides is 3. The van der Waals surface area contributed by atoms with Crippen molar-refractivity contribution in [3.63, 3.8) is 0 Å². The number of imide groups is 1. The van der Waals surface area contributed by atoms with Gasteiger partial charge in [-0.1, -0.05) is 13.0 Å². The lowest BCUT2D eigenvalue weighted by atomic mass is 9.89. The second-order valence-electron chi connectivity index (χ2n) is 14.0. The predicted molar refractivity (Wildman–Crippen MR) is 181 cm³/mol. The fourth-order valence-corrected chi connectivity index (χ4v) is 8.78. The second-order valence-corrected chi connectivity index (χ2v) is 14.0. The molecule has 4 fully saturated rings. The van der Waals surface area contributed by atoms with Crippen molar-refractivity contribution < 1.29 is 33.0 Å². The third-order valence-corrected chi connectivity index (χ3v) is 11.1. The molecule has 4 aromatic rings. The first kappa shape index (κ1) is 32.5. The van der Waals surface area contributed by atoms with E-state index in [0.717, 1.165) is 32.2 Å². The molecule has 0 radical (unpaired) electrons. The Hall–Kier alpha value is -4.69. The molecule has 4 aliphatic rings. The van der Waals surface area contributed by atoms with Gasteiger partial charge in [-0.15, -0.1) is 0 Å². The van der Waals surface area contributed by atoms with Gasteiger partial charge in [-0.2, -0.15) is 9.97 Å². The van der Waals surface area contributed by atoms with Gasteiger partial charge in [-0.25, -0.2) is 13.6 Å². The van der Waals surface area contributed by atoms with Gasteiger partial charge >= 0.3 is 12.0 Å². The highest BCUT2D eigenvalue weighted by molar-refractivity contribution is 6.08. The number of anilines is 1. The number of urea groups is 1. The van der Waals surface area contributed by atoms with Gasteiger partial charge in [-0.05, 0) is 86.0 Å². The number of methoxy groups -OCH3 is 1. The van der Waals surface area contributed by atoms with Gasteiger partial charge in [0, 0.05) is 31.5 Å². The standard InChI is InChI=1S/C36H39F2N7O5/c1-3-23-26(37)7-6-20-14-22(46)15-24(27(20)23)29-28(38)30-25(16-39-29)31(44-12-5-10-36(18-44)32(47)42-33(48)43-36)41-34(40-30)50-19-35-9-4-13-45(35)21(8-11-35)17-49-2/h6-7,14-16,21,46H,3-5,8-13,17-19H2,1-2H3,(H2,42,43,47,48)/t21-,35-,36?/m0/s1. The third kappa shape index (κ3) is 5.18. The summed E-state index contributed by atoms with van der Waals surface area (Å²) in [7, 11) is 1.71. The summed E-state index contributed by atoms with van der Waals surface area (Å²) in [6.45, 7) is 4.27. The van der Waals surface area contributed by atoms with E-state index in [1.54, 1.807) is 13.2 Å². The highest BCUT2D eigenvalue weighted by atomic mass is 19.1. The smallest absolute Gasteiger partial charge is 0.322 e. The van der Waals surface area contributed by atoms with Crippen LogP contribution in [-0.4, -0.2) is 94.0 Å². The Morgan fingerprint density at radius 3 is 2.72 bits per heavy atom. The number of hydrogen-bond acceptors (Lipinski definition) is 10. The van der Waals surface area contributed by atoms with Crippen LogP contribution in [0, 0.1) is 11.6 Å². The number of aromatic nitrogens is 3. The van der Waals surface area contributed by atoms with E-state index >= 15 is 8.78 Å². The van der Waals surface area contributed by atoms with Crippen LogP contribution in [0.2, 0.25) is 0 Å². The maximum Gasteiger partial charge on any atom is 0.322 e. The quantitative estimate of drug-likeness (QED) is 0.225. The van der Waals surface area contributed by atoms with Crippen molar-refractivity contribution in [2.75, 3.05) is 44.9 Å². The van der Waals surface area contributed by atoms with E-state index in [1.807, 2.05) is 11.8 Å². The maximum absolute atomic E-state index is 17.0. The molecule has 2 aromatic heterocycles. The minimum absolute atomic E-state index is 0.0273. The molecule has 6 heterocycles. The average molecular weight is 688 g/mol. The number of aryl methyl sites for hydroxylation is 1. The van der Waals surface area contributed by atoms with Crippen molar-refractivity contribution in [2.24, 2.45) is 0 Å². The summed E-state index contributed by atoms with van der Waals surface area (Å²) in [4.78, 5) is 43.4. The Bertz CT molecular complexity index is 2050. The monoisotopic (exact) mass is 687 g/mol. The first-order valence-electron chi connectivity index (χ1n) is 17.2. The molecule has 3 amide bonds. The molecule has 8 rings (SSSR count). The lowest BCUT2D eigenvalue weighted by Crippen LogP contribution is -2.58. The van der Waals surface area contributed by atoms with Gasteiger partial charge in [-0.3, -0.25) is 20.0 Å². The second kappa shape index (κ2) is 12.3. The van der Waals surface area contributed by atoms with Gasteiger partial charge < -0.3 is 24.8 Å². The number of fused-ring (bicyclic) bond motifs is 3. The van der Waals surface area contributed by atoms with Crippen molar-refractivity contribution in [1.82, 2.24) is 30.5 Å². The molecular weight excluding hydrogens is 648 g/mol. The molecular formula is C36H39F2N7O5. The normalized spacial score (nSPS) is 25.1. The van der Waals surface area contributed by atoms with E-state index in [2.05, 4.69) is 25.5 Å². The van der Waals surface area contributed by atoms with E-state index in [4.69, 9.17) is 14.5 Å². The summed E-state index contributed by atoms with van der Waals surface area (Å²) >= 11 is 0. The molecule has 0 aliphatic carbocycles. The average Bonchev–Trinajstić information content (AvgIpc) is 3.75. The van der Waals surface area contributed by atoms with Gasteiger partial charge in [0.2, 0.25) is 0 Å². The summed E-state index contributed by atoms with van der Waals surface area (Å²) < 4.78 is 44.0. The zero-order valence-electron chi connectivity index (χ0n) is 28.0. The molecule has 14 heteroatoms. The summed E-state index contributed by atoms with van der Waals surface area (Å²) in [5.74, 6) is -1.43. The van der Waals surface area contributed by atoms with Crippen molar-refractivity contribution in [3.8, 4) is 23.0 Å². The number of halogens is 2. The first-order chi connectivity index (χ1) is 24.1. The molecule has 2 aromatic carbocycles. The van der Waals surface area contributed by atoms with E-state index in [1.165, 1.54) is 24.4 Å². The molecule has 12 nitrogen and oxygen atoms in total. The highest BCUT2D eigenvalue weighted by Gasteiger charge is 2.51. The van der Waals surface area contributed by atoms with Crippen LogP contribution < -0.4 is 20.3 Å². The number of phenols is 1. The van der Waals surface area contributed by atoms with Crippen molar-refractivity contribution in [2.45, 2.75) is 69.0 Å². The van der Waals surface area contributed by atoms with Gasteiger partial charge in [0.1, 0.15) is 40.7 Å². The number of hydrogen-bond donors (Lipinski definition) is 3. The zero-order chi connectivity index (χ0) is 34.8. The van der Waals surface area contributed by atoms with Crippen LogP contribution >= 0.6 is 0 Å². The van der Waals surface area contributed by atoms with Crippen LogP contribution in [0.4, 0.5) is 19.4 Å². The molecule has 3 N–H and O–H groups in total. The number of nitrogens with zero attached hydrogens (tertiary/aromatic N) is 5. The minimum Gasteiger partial charge on any atom is -0.508 e. The van der Waals surface area contributed by atoms with Crippen molar-refractivity contribution in [1.29, 1.82) is 0 Å². The highest BCUT2D eigenvalue weighted by Crippen LogP contribution is 2.44. The number of rotatable bonds is 8. The van der Waals surface area contributed by atoms with Gasteiger partial charge in [0.25, 0.3) is 5.91 Å². The lowest BCUT2D eigenvalue weighted by Gasteiger charge is -2.39. The molecule has 0 bridgehead atoms. The third-order valence-electron chi connectivity index (χ3n) is 11.1. The van der Waals surface area contributed by atoms with Crippen LogP contribution in [0.5, 0.6) is 11.8 Å². The number of phenolic OH excluding ortho intramolecular Hbond substituents is 1. The van der Waals surface area contributed by atoms with E-state index < -0.39 is 29.1 Å². The van der Waals surface area contributed by atoms with Crippen LogP contribution in [0.1, 0.15) is 51.0 Å². The van der Waals surface area contributed by atoms with Gasteiger partial charge in [0.15, 0.2) is 5.82 Å².